The van der Waals surface area contributed by atoms with E-state index in [1.165, 1.54) is 6.07 Å². The zero-order chi connectivity index (χ0) is 17.9. The Kier molecular flexibility index (Phi) is 5.26. The predicted octanol–water partition coefficient (Wildman–Crippen LogP) is 2.15. The molecule has 2 N–H and O–H groups in total. The fourth-order valence-corrected chi connectivity index (χ4v) is 2.66. The molecular weight excluding hydrogens is 308 g/mol. The van der Waals surface area contributed by atoms with Crippen LogP contribution in [0.4, 0.5) is 0 Å². The maximum absolute atomic E-state index is 12.6. The summed E-state index contributed by atoms with van der Waals surface area (Å²) in [6.45, 7) is 6.60. The van der Waals surface area contributed by atoms with Crippen molar-refractivity contribution in [2.75, 3.05) is 13.1 Å². The molecule has 130 valence electrons. The molecule has 1 aromatic rings. The summed E-state index contributed by atoms with van der Waals surface area (Å²) in [7, 11) is 0. The van der Waals surface area contributed by atoms with Gasteiger partial charge in [-0.15, -0.1) is 0 Å². The van der Waals surface area contributed by atoms with Crippen LogP contribution in [0.3, 0.4) is 0 Å². The lowest BCUT2D eigenvalue weighted by Crippen LogP contribution is -2.49. The molecule has 0 bridgehead atoms. The number of piperidine rings is 1. The smallest absolute Gasteiger partial charge is 0.336 e. The van der Waals surface area contributed by atoms with Gasteiger partial charge in [0.15, 0.2) is 0 Å². The topological polar surface area (TPSA) is 86.7 Å². The minimum absolute atomic E-state index is 0.00324. The number of aromatic carboxylic acids is 1. The van der Waals surface area contributed by atoms with Crippen LogP contribution >= 0.6 is 0 Å². The van der Waals surface area contributed by atoms with Crippen LogP contribution in [0.15, 0.2) is 24.3 Å². The van der Waals surface area contributed by atoms with Gasteiger partial charge >= 0.3 is 5.97 Å². The Balaban J connectivity index is 1.99. The van der Waals surface area contributed by atoms with Crippen LogP contribution in [-0.4, -0.2) is 46.9 Å². The third kappa shape index (κ3) is 4.13. The number of hydrogen-bond donors (Lipinski definition) is 2. The standard InChI is InChI=1S/C18H24N2O4/c1-18(2,3)17(24)19-12-8-10-20(11-9-12)15(21)13-6-4-5-7-14(13)16(22)23/h4-7,12H,8-11H2,1-3H3,(H,19,24)(H,22,23). The maximum atomic E-state index is 12.6. The van der Waals surface area contributed by atoms with Gasteiger partial charge in [-0.2, -0.15) is 0 Å². The zero-order valence-corrected chi connectivity index (χ0v) is 14.3. The molecule has 0 radical (unpaired) electrons. The van der Waals surface area contributed by atoms with Gasteiger partial charge in [0, 0.05) is 24.5 Å². The first kappa shape index (κ1) is 18.0. The normalized spacial score (nSPS) is 15.9. The lowest BCUT2D eigenvalue weighted by molar-refractivity contribution is -0.129. The molecule has 1 fully saturated rings. The molecule has 0 aromatic heterocycles. The molecule has 1 saturated heterocycles. The molecular formula is C18H24N2O4. The van der Waals surface area contributed by atoms with Gasteiger partial charge in [-0.25, -0.2) is 4.79 Å². The minimum atomic E-state index is -1.11. The molecule has 0 spiro atoms. The summed E-state index contributed by atoms with van der Waals surface area (Å²) in [6, 6.07) is 6.30. The van der Waals surface area contributed by atoms with E-state index in [-0.39, 0.29) is 29.0 Å². The molecule has 1 aromatic carbocycles. The van der Waals surface area contributed by atoms with Gasteiger partial charge in [-0.05, 0) is 25.0 Å². The average Bonchev–Trinajstić information content (AvgIpc) is 2.54. The monoisotopic (exact) mass is 332 g/mol. The number of carboxylic acids is 1. The maximum Gasteiger partial charge on any atom is 0.336 e. The van der Waals surface area contributed by atoms with E-state index in [1.54, 1.807) is 23.1 Å². The van der Waals surface area contributed by atoms with Gasteiger partial charge in [0.1, 0.15) is 0 Å². The summed E-state index contributed by atoms with van der Waals surface area (Å²) in [5.41, 5.74) is -0.208. The fourth-order valence-electron chi connectivity index (χ4n) is 2.66. The Morgan fingerprint density at radius 1 is 1.08 bits per heavy atom. The van der Waals surface area contributed by atoms with Crippen LogP contribution in [0.25, 0.3) is 0 Å². The molecule has 0 saturated carbocycles. The van der Waals surface area contributed by atoms with Gasteiger partial charge in [0.25, 0.3) is 5.91 Å². The highest BCUT2D eigenvalue weighted by atomic mass is 16.4. The summed E-state index contributed by atoms with van der Waals surface area (Å²) < 4.78 is 0. The van der Waals surface area contributed by atoms with Crippen LogP contribution in [0.1, 0.15) is 54.3 Å². The number of carbonyl (C=O) groups excluding carboxylic acids is 2. The predicted molar refractivity (Wildman–Crippen MR) is 89.9 cm³/mol. The number of nitrogens with zero attached hydrogens (tertiary/aromatic N) is 1. The number of rotatable bonds is 3. The van der Waals surface area contributed by atoms with Gasteiger partial charge in [-0.3, -0.25) is 9.59 Å². The van der Waals surface area contributed by atoms with Crippen LogP contribution < -0.4 is 5.32 Å². The highest BCUT2D eigenvalue weighted by Crippen LogP contribution is 2.19. The number of nitrogens with one attached hydrogen (secondary N) is 1. The lowest BCUT2D eigenvalue weighted by atomic mass is 9.94. The molecule has 1 aliphatic rings. The van der Waals surface area contributed by atoms with Gasteiger partial charge < -0.3 is 15.3 Å². The third-order valence-electron chi connectivity index (χ3n) is 4.19. The van der Waals surface area contributed by atoms with Crippen LogP contribution in [0.5, 0.6) is 0 Å². The average molecular weight is 332 g/mol. The second kappa shape index (κ2) is 7.03. The Bertz CT molecular complexity index is 641. The van der Waals surface area contributed by atoms with Gasteiger partial charge in [-0.1, -0.05) is 32.9 Å². The molecule has 2 rings (SSSR count). The van der Waals surface area contributed by atoms with Crippen molar-refractivity contribution in [3.63, 3.8) is 0 Å². The van der Waals surface area contributed by atoms with Crippen molar-refractivity contribution >= 4 is 17.8 Å². The van der Waals surface area contributed by atoms with Gasteiger partial charge in [0.2, 0.25) is 5.91 Å². The van der Waals surface area contributed by atoms with Crippen molar-refractivity contribution in [2.24, 2.45) is 5.41 Å². The van der Waals surface area contributed by atoms with Crippen molar-refractivity contribution in [1.82, 2.24) is 10.2 Å². The highest BCUT2D eigenvalue weighted by molar-refractivity contribution is 6.04. The van der Waals surface area contributed by atoms with E-state index in [9.17, 15) is 19.5 Å². The van der Waals surface area contributed by atoms with E-state index in [1.807, 2.05) is 20.8 Å². The van der Waals surface area contributed by atoms with E-state index in [4.69, 9.17) is 0 Å². The largest absolute Gasteiger partial charge is 0.478 e. The number of amides is 2. The SMILES string of the molecule is CC(C)(C)C(=O)NC1CCN(C(=O)c2ccccc2C(=O)O)CC1. The van der Waals surface area contributed by atoms with Crippen molar-refractivity contribution in [3.05, 3.63) is 35.4 Å². The summed E-state index contributed by atoms with van der Waals surface area (Å²) in [4.78, 5) is 37.5. The minimum Gasteiger partial charge on any atom is -0.478 e. The Hall–Kier alpha value is -2.37. The lowest BCUT2D eigenvalue weighted by Gasteiger charge is -2.34. The Labute approximate surface area is 141 Å². The van der Waals surface area contributed by atoms with E-state index in [0.717, 1.165) is 0 Å². The molecule has 6 heteroatoms. The molecule has 24 heavy (non-hydrogen) atoms. The van der Waals surface area contributed by atoms with Crippen molar-refractivity contribution in [3.8, 4) is 0 Å². The molecule has 6 nitrogen and oxygen atoms in total. The number of hydrogen-bond acceptors (Lipinski definition) is 3. The Morgan fingerprint density at radius 3 is 2.12 bits per heavy atom. The second-order valence-corrected chi connectivity index (χ2v) is 7.14. The summed E-state index contributed by atoms with van der Waals surface area (Å²) >= 11 is 0. The van der Waals surface area contributed by atoms with E-state index >= 15 is 0 Å². The molecule has 0 unspecified atom stereocenters. The quantitative estimate of drug-likeness (QED) is 0.888. The first-order valence-corrected chi connectivity index (χ1v) is 8.12. The van der Waals surface area contributed by atoms with Crippen molar-refractivity contribution in [1.29, 1.82) is 0 Å². The van der Waals surface area contributed by atoms with Crippen molar-refractivity contribution in [2.45, 2.75) is 39.7 Å². The molecule has 0 aliphatic carbocycles. The third-order valence-corrected chi connectivity index (χ3v) is 4.19. The van der Waals surface area contributed by atoms with Crippen LogP contribution in [0.2, 0.25) is 0 Å². The number of carbonyl (C=O) groups is 3. The number of likely N-dealkylation sites (tertiary alicyclic amines) is 1. The molecule has 1 aliphatic heterocycles. The fraction of sp³-hybridized carbons (Fsp3) is 0.500. The van der Waals surface area contributed by atoms with E-state index in [0.29, 0.717) is 25.9 Å². The van der Waals surface area contributed by atoms with E-state index in [2.05, 4.69) is 5.32 Å². The van der Waals surface area contributed by atoms with Gasteiger partial charge in [0.05, 0.1) is 11.1 Å². The van der Waals surface area contributed by atoms with Crippen LogP contribution in [-0.2, 0) is 4.79 Å². The second-order valence-electron chi connectivity index (χ2n) is 7.14. The molecule has 1 heterocycles. The first-order valence-electron chi connectivity index (χ1n) is 8.12. The summed E-state index contributed by atoms with van der Waals surface area (Å²) in [6.07, 6.45) is 1.34. The Morgan fingerprint density at radius 2 is 1.62 bits per heavy atom. The number of benzene rings is 1. The van der Waals surface area contributed by atoms with Crippen molar-refractivity contribution < 1.29 is 19.5 Å². The number of carboxylic acid groups (broad SMARTS) is 1. The molecule has 0 atom stereocenters. The summed E-state index contributed by atoms with van der Waals surface area (Å²) in [5.74, 6) is -1.37. The first-order chi connectivity index (χ1) is 11.2. The summed E-state index contributed by atoms with van der Waals surface area (Å²) in [5, 5.41) is 12.2. The zero-order valence-electron chi connectivity index (χ0n) is 14.3. The van der Waals surface area contributed by atoms with Crippen LogP contribution in [0, 0.1) is 5.41 Å². The van der Waals surface area contributed by atoms with E-state index < -0.39 is 11.4 Å². The molecule has 2 amide bonds. The highest BCUT2D eigenvalue weighted by Gasteiger charge is 2.29.